The number of hydrogen-bond acceptors (Lipinski definition) is 4. The number of fused-ring (bicyclic) bond motifs is 1. The molecule has 130 valence electrons. The van der Waals surface area contributed by atoms with Crippen molar-refractivity contribution in [3.8, 4) is 0 Å². The summed E-state index contributed by atoms with van der Waals surface area (Å²) in [5.41, 5.74) is -0.0129. The molecule has 3 aliphatic rings. The Morgan fingerprint density at radius 3 is 2.58 bits per heavy atom. The minimum Gasteiger partial charge on any atom is -0.378 e. The third-order valence-corrected chi connectivity index (χ3v) is 8.89. The van der Waals surface area contributed by atoms with Crippen molar-refractivity contribution in [3.63, 3.8) is 0 Å². The van der Waals surface area contributed by atoms with Crippen LogP contribution in [-0.4, -0.2) is 35.5 Å². The summed E-state index contributed by atoms with van der Waals surface area (Å²) in [5.74, 6) is -0.227. The van der Waals surface area contributed by atoms with Crippen LogP contribution in [0.15, 0.2) is 30.3 Å². The van der Waals surface area contributed by atoms with Gasteiger partial charge in [0.1, 0.15) is 0 Å². The summed E-state index contributed by atoms with van der Waals surface area (Å²) in [6.45, 7) is 4.28. The van der Waals surface area contributed by atoms with Gasteiger partial charge in [-0.1, -0.05) is 44.2 Å². The first-order chi connectivity index (χ1) is 11.2. The van der Waals surface area contributed by atoms with Gasteiger partial charge in [0.2, 0.25) is 10.0 Å². The van der Waals surface area contributed by atoms with E-state index in [1.165, 1.54) is 0 Å². The standard InChI is InChI=1S/C18H23NO4S/c1-17(2)13-8-9-18(17)11-24(22,23)19(14(18)10-13)16(21)15(20)12-6-4-3-5-7-12/h3-7,13-15,20H,8-11H2,1-2H3/t13-,14-,15-,18-/m1/s1. The molecule has 4 rings (SSSR count). The summed E-state index contributed by atoms with van der Waals surface area (Å²) in [7, 11) is -3.69. The summed E-state index contributed by atoms with van der Waals surface area (Å²) >= 11 is 0. The number of amides is 1. The van der Waals surface area contributed by atoms with Crippen molar-refractivity contribution >= 4 is 15.9 Å². The van der Waals surface area contributed by atoms with Crippen molar-refractivity contribution in [2.24, 2.45) is 16.7 Å². The predicted octanol–water partition coefficient (Wildman–Crippen LogP) is 2.09. The Bertz CT molecular complexity index is 788. The minimum atomic E-state index is -3.69. The lowest BCUT2D eigenvalue weighted by atomic mass is 9.69. The molecule has 2 aliphatic carbocycles. The van der Waals surface area contributed by atoms with Crippen LogP contribution in [0.25, 0.3) is 0 Å². The molecule has 0 radical (unpaired) electrons. The highest BCUT2D eigenvalue weighted by Gasteiger charge is 2.72. The van der Waals surface area contributed by atoms with Crippen molar-refractivity contribution in [1.29, 1.82) is 0 Å². The summed E-state index contributed by atoms with van der Waals surface area (Å²) in [4.78, 5) is 12.9. The molecule has 1 aromatic rings. The zero-order valence-electron chi connectivity index (χ0n) is 14.0. The van der Waals surface area contributed by atoms with E-state index in [0.717, 1.165) is 23.6 Å². The molecule has 1 amide bonds. The van der Waals surface area contributed by atoms with E-state index < -0.39 is 22.0 Å². The largest absolute Gasteiger partial charge is 0.378 e. The van der Waals surface area contributed by atoms with E-state index in [4.69, 9.17) is 0 Å². The van der Waals surface area contributed by atoms with Crippen molar-refractivity contribution in [2.45, 2.75) is 45.3 Å². The third-order valence-electron chi connectivity index (χ3n) is 6.98. The number of carbonyl (C=O) groups excluding carboxylic acids is 1. The molecule has 1 aromatic carbocycles. The Hall–Kier alpha value is -1.40. The number of aliphatic hydroxyl groups is 1. The van der Waals surface area contributed by atoms with Crippen LogP contribution in [0.5, 0.6) is 0 Å². The lowest BCUT2D eigenvalue weighted by molar-refractivity contribution is -0.138. The normalized spacial score (nSPS) is 36.5. The van der Waals surface area contributed by atoms with E-state index in [-0.39, 0.29) is 22.6 Å². The summed E-state index contributed by atoms with van der Waals surface area (Å²) in [6, 6.07) is 8.24. The molecule has 2 bridgehead atoms. The lowest BCUT2D eigenvalue weighted by Crippen LogP contribution is -2.45. The van der Waals surface area contributed by atoms with Crippen molar-refractivity contribution in [1.82, 2.24) is 4.31 Å². The molecule has 1 heterocycles. The Morgan fingerprint density at radius 1 is 1.29 bits per heavy atom. The average Bonchev–Trinajstić information content (AvgIpc) is 3.01. The van der Waals surface area contributed by atoms with Gasteiger partial charge in [-0.2, -0.15) is 0 Å². The smallest absolute Gasteiger partial charge is 0.269 e. The fourth-order valence-electron chi connectivity index (χ4n) is 5.48. The van der Waals surface area contributed by atoms with E-state index in [1.54, 1.807) is 30.3 Å². The van der Waals surface area contributed by atoms with Crippen LogP contribution in [0.4, 0.5) is 0 Å². The number of aliphatic hydroxyl groups excluding tert-OH is 1. The van der Waals surface area contributed by atoms with Crippen LogP contribution < -0.4 is 0 Å². The fourth-order valence-corrected chi connectivity index (χ4v) is 8.03. The maximum absolute atomic E-state index is 12.9. The monoisotopic (exact) mass is 349 g/mol. The molecule has 5 nitrogen and oxygen atoms in total. The number of hydrogen-bond donors (Lipinski definition) is 1. The van der Waals surface area contributed by atoms with Gasteiger partial charge in [0, 0.05) is 5.41 Å². The van der Waals surface area contributed by atoms with E-state index >= 15 is 0 Å². The van der Waals surface area contributed by atoms with Gasteiger partial charge in [-0.3, -0.25) is 4.79 Å². The first-order valence-corrected chi connectivity index (χ1v) is 10.1. The van der Waals surface area contributed by atoms with Gasteiger partial charge >= 0.3 is 0 Å². The Balaban J connectivity index is 1.73. The zero-order chi connectivity index (χ0) is 17.3. The highest BCUT2D eigenvalue weighted by atomic mass is 32.2. The van der Waals surface area contributed by atoms with Crippen LogP contribution in [-0.2, 0) is 14.8 Å². The molecule has 1 aliphatic heterocycles. The summed E-state index contributed by atoms with van der Waals surface area (Å²) in [5, 5.41) is 10.4. The number of benzene rings is 1. The van der Waals surface area contributed by atoms with Gasteiger partial charge in [-0.15, -0.1) is 0 Å². The van der Waals surface area contributed by atoms with Crippen LogP contribution in [0.1, 0.15) is 44.8 Å². The van der Waals surface area contributed by atoms with E-state index in [0.29, 0.717) is 11.5 Å². The van der Waals surface area contributed by atoms with Crippen molar-refractivity contribution in [3.05, 3.63) is 35.9 Å². The van der Waals surface area contributed by atoms with Gasteiger partial charge in [0.05, 0.1) is 11.8 Å². The van der Waals surface area contributed by atoms with Gasteiger partial charge in [0.15, 0.2) is 6.10 Å². The molecule has 6 heteroatoms. The first kappa shape index (κ1) is 16.1. The van der Waals surface area contributed by atoms with Crippen LogP contribution in [0.3, 0.4) is 0 Å². The second-order valence-electron chi connectivity index (χ2n) is 8.07. The lowest BCUT2D eigenvalue weighted by Gasteiger charge is -2.37. The molecule has 2 saturated carbocycles. The molecular formula is C18H23NO4S. The van der Waals surface area contributed by atoms with Gasteiger partial charge in [-0.05, 0) is 36.2 Å². The van der Waals surface area contributed by atoms with Crippen LogP contribution in [0, 0.1) is 16.7 Å². The molecule has 24 heavy (non-hydrogen) atoms. The van der Waals surface area contributed by atoms with Crippen molar-refractivity contribution in [2.75, 3.05) is 5.75 Å². The SMILES string of the molecule is CC1(C)[C@@H]2CC[C@]13CS(=O)(=O)N(C(=O)[C@H](O)c1ccccc1)[C@@H]3C2. The Labute approximate surface area is 142 Å². The molecule has 3 fully saturated rings. The fraction of sp³-hybridized carbons (Fsp3) is 0.611. The van der Waals surface area contributed by atoms with E-state index in [2.05, 4.69) is 13.8 Å². The minimum absolute atomic E-state index is 0.0292. The molecule has 1 N–H and O–H groups in total. The van der Waals surface area contributed by atoms with Gasteiger partial charge in [0.25, 0.3) is 5.91 Å². The van der Waals surface area contributed by atoms with Crippen molar-refractivity contribution < 1.29 is 18.3 Å². The molecule has 4 atom stereocenters. The molecule has 1 saturated heterocycles. The number of sulfonamides is 1. The maximum Gasteiger partial charge on any atom is 0.269 e. The maximum atomic E-state index is 12.9. The average molecular weight is 349 g/mol. The molecular weight excluding hydrogens is 326 g/mol. The summed E-state index contributed by atoms with van der Waals surface area (Å²) in [6.07, 6.45) is 1.17. The first-order valence-electron chi connectivity index (χ1n) is 8.50. The van der Waals surface area contributed by atoms with Gasteiger partial charge < -0.3 is 5.11 Å². The summed E-state index contributed by atoms with van der Waals surface area (Å²) < 4.78 is 26.7. The highest BCUT2D eigenvalue weighted by molar-refractivity contribution is 7.90. The van der Waals surface area contributed by atoms with Crippen LogP contribution >= 0.6 is 0 Å². The number of rotatable bonds is 2. The van der Waals surface area contributed by atoms with Crippen LogP contribution in [0.2, 0.25) is 0 Å². The molecule has 0 aromatic heterocycles. The quantitative estimate of drug-likeness (QED) is 0.887. The highest BCUT2D eigenvalue weighted by Crippen LogP contribution is 2.70. The molecule has 0 unspecified atom stereocenters. The molecule has 1 spiro atoms. The second kappa shape index (κ2) is 4.82. The topological polar surface area (TPSA) is 74.7 Å². The Morgan fingerprint density at radius 2 is 1.96 bits per heavy atom. The zero-order valence-corrected chi connectivity index (χ0v) is 14.8. The van der Waals surface area contributed by atoms with E-state index in [9.17, 15) is 18.3 Å². The van der Waals surface area contributed by atoms with E-state index in [1.807, 2.05) is 0 Å². The third kappa shape index (κ3) is 1.84. The number of carbonyl (C=O) groups is 1. The Kier molecular flexibility index (Phi) is 3.23. The van der Waals surface area contributed by atoms with Gasteiger partial charge in [-0.25, -0.2) is 12.7 Å². The number of nitrogens with zero attached hydrogens (tertiary/aromatic N) is 1. The second-order valence-corrected chi connectivity index (χ2v) is 9.91. The predicted molar refractivity (Wildman–Crippen MR) is 89.4 cm³/mol.